The number of thiazole rings is 1. The first kappa shape index (κ1) is 15.7. The van der Waals surface area contributed by atoms with Gasteiger partial charge in [-0.1, -0.05) is 18.2 Å². The van der Waals surface area contributed by atoms with Crippen LogP contribution in [0.3, 0.4) is 0 Å². The fourth-order valence-corrected chi connectivity index (χ4v) is 3.62. The van der Waals surface area contributed by atoms with Gasteiger partial charge in [0.1, 0.15) is 0 Å². The van der Waals surface area contributed by atoms with Crippen molar-refractivity contribution < 1.29 is 4.79 Å². The minimum Gasteiger partial charge on any atom is -0.361 e. The van der Waals surface area contributed by atoms with Crippen molar-refractivity contribution in [2.45, 2.75) is 13.3 Å². The van der Waals surface area contributed by atoms with Gasteiger partial charge < -0.3 is 10.6 Å². The Hall–Kier alpha value is -2.18. The summed E-state index contributed by atoms with van der Waals surface area (Å²) in [6, 6.07) is 11.9. The summed E-state index contributed by atoms with van der Waals surface area (Å²) in [7, 11) is 0. The number of hydrogen-bond acceptors (Lipinski definition) is 5. The molecular formula is C17H17N3OS2. The number of anilines is 2. The molecule has 0 aliphatic carbocycles. The topological polar surface area (TPSA) is 54.0 Å². The van der Waals surface area contributed by atoms with Crippen molar-refractivity contribution in [1.82, 2.24) is 4.98 Å². The van der Waals surface area contributed by atoms with E-state index in [0.717, 1.165) is 35.0 Å². The number of thiophene rings is 1. The van der Waals surface area contributed by atoms with E-state index in [1.807, 2.05) is 29.6 Å². The molecule has 2 heterocycles. The smallest absolute Gasteiger partial charge is 0.221 e. The quantitative estimate of drug-likeness (QED) is 0.693. The van der Waals surface area contributed by atoms with E-state index in [-0.39, 0.29) is 5.91 Å². The van der Waals surface area contributed by atoms with Gasteiger partial charge in [-0.05, 0) is 30.0 Å². The zero-order valence-electron chi connectivity index (χ0n) is 12.7. The molecule has 1 aromatic carbocycles. The lowest BCUT2D eigenvalue weighted by Crippen LogP contribution is -2.05. The molecule has 23 heavy (non-hydrogen) atoms. The van der Waals surface area contributed by atoms with Crippen LogP contribution in [0.15, 0.2) is 47.2 Å². The van der Waals surface area contributed by atoms with E-state index in [4.69, 9.17) is 0 Å². The highest BCUT2D eigenvalue weighted by Gasteiger charge is 2.05. The van der Waals surface area contributed by atoms with Crippen LogP contribution < -0.4 is 10.6 Å². The molecule has 6 heteroatoms. The molecule has 0 atom stereocenters. The molecular weight excluding hydrogens is 326 g/mol. The summed E-state index contributed by atoms with van der Waals surface area (Å²) in [4.78, 5) is 17.0. The van der Waals surface area contributed by atoms with Gasteiger partial charge in [-0.15, -0.1) is 22.7 Å². The Balaban J connectivity index is 1.58. The predicted molar refractivity (Wildman–Crippen MR) is 98.4 cm³/mol. The maximum atomic E-state index is 11.0. The Labute approximate surface area is 143 Å². The number of nitrogens with zero attached hydrogens (tertiary/aromatic N) is 1. The van der Waals surface area contributed by atoms with Crippen molar-refractivity contribution in [3.63, 3.8) is 0 Å². The van der Waals surface area contributed by atoms with Gasteiger partial charge >= 0.3 is 0 Å². The van der Waals surface area contributed by atoms with Gasteiger partial charge in [0.15, 0.2) is 5.13 Å². The van der Waals surface area contributed by atoms with Crippen molar-refractivity contribution in [3.8, 4) is 11.3 Å². The van der Waals surface area contributed by atoms with E-state index in [9.17, 15) is 4.79 Å². The summed E-state index contributed by atoms with van der Waals surface area (Å²) in [5.74, 6) is -0.0661. The molecule has 4 nitrogen and oxygen atoms in total. The molecule has 0 bridgehead atoms. The molecule has 0 spiro atoms. The monoisotopic (exact) mass is 343 g/mol. The number of rotatable bonds is 6. The highest BCUT2D eigenvalue weighted by Crippen LogP contribution is 2.26. The highest BCUT2D eigenvalue weighted by molar-refractivity contribution is 7.14. The third-order valence-electron chi connectivity index (χ3n) is 3.23. The molecule has 0 saturated heterocycles. The van der Waals surface area contributed by atoms with E-state index in [2.05, 4.69) is 33.1 Å². The lowest BCUT2D eigenvalue weighted by molar-refractivity contribution is -0.114. The summed E-state index contributed by atoms with van der Waals surface area (Å²) in [5, 5.41) is 11.2. The second kappa shape index (κ2) is 7.39. The van der Waals surface area contributed by atoms with Crippen LogP contribution in [0, 0.1) is 0 Å². The molecule has 0 saturated carbocycles. The van der Waals surface area contributed by atoms with E-state index in [0.29, 0.717) is 0 Å². The fourth-order valence-electron chi connectivity index (χ4n) is 2.16. The zero-order valence-corrected chi connectivity index (χ0v) is 14.3. The van der Waals surface area contributed by atoms with Gasteiger partial charge in [-0.25, -0.2) is 4.98 Å². The van der Waals surface area contributed by atoms with Crippen molar-refractivity contribution in [2.24, 2.45) is 0 Å². The van der Waals surface area contributed by atoms with Gasteiger partial charge in [-0.3, -0.25) is 4.79 Å². The van der Waals surface area contributed by atoms with Crippen molar-refractivity contribution in [1.29, 1.82) is 0 Å². The van der Waals surface area contributed by atoms with E-state index in [1.165, 1.54) is 11.8 Å². The minimum absolute atomic E-state index is 0.0661. The summed E-state index contributed by atoms with van der Waals surface area (Å²) in [6.45, 7) is 2.39. The Morgan fingerprint density at radius 3 is 2.70 bits per heavy atom. The van der Waals surface area contributed by atoms with Gasteiger partial charge in [0.05, 0.1) is 5.69 Å². The summed E-state index contributed by atoms with van der Waals surface area (Å²) in [5.41, 5.74) is 2.79. The molecule has 1 amide bonds. The first-order valence-electron chi connectivity index (χ1n) is 7.30. The maximum absolute atomic E-state index is 11.0. The van der Waals surface area contributed by atoms with Crippen LogP contribution in [0.25, 0.3) is 11.3 Å². The Morgan fingerprint density at radius 2 is 2.00 bits per heavy atom. The summed E-state index contributed by atoms with van der Waals surface area (Å²) < 4.78 is 0. The average Bonchev–Trinajstić information content (AvgIpc) is 3.19. The van der Waals surface area contributed by atoms with Gasteiger partial charge in [-0.2, -0.15) is 0 Å². The van der Waals surface area contributed by atoms with Crippen molar-refractivity contribution >= 4 is 39.4 Å². The Morgan fingerprint density at radius 1 is 1.17 bits per heavy atom. The Bertz CT molecular complexity index is 764. The SMILES string of the molecule is CC(=O)Nc1ccc(-c2csc(NCCc3cccs3)n2)cc1. The predicted octanol–water partition coefficient (Wildman–Crippen LogP) is 4.48. The van der Waals surface area contributed by atoms with Crippen LogP contribution in [0.2, 0.25) is 0 Å². The lowest BCUT2D eigenvalue weighted by atomic mass is 10.1. The molecule has 118 valence electrons. The summed E-state index contributed by atoms with van der Waals surface area (Å²) in [6.07, 6.45) is 1.01. The van der Waals surface area contributed by atoms with E-state index < -0.39 is 0 Å². The third kappa shape index (κ3) is 4.40. The molecule has 0 fully saturated rings. The van der Waals surface area contributed by atoms with Gasteiger partial charge in [0.25, 0.3) is 0 Å². The third-order valence-corrected chi connectivity index (χ3v) is 4.97. The van der Waals surface area contributed by atoms with Crippen molar-refractivity contribution in [2.75, 3.05) is 17.2 Å². The van der Waals surface area contributed by atoms with Crippen LogP contribution in [-0.4, -0.2) is 17.4 Å². The van der Waals surface area contributed by atoms with E-state index in [1.54, 1.807) is 22.7 Å². The average molecular weight is 343 g/mol. The second-order valence-corrected chi connectivity index (χ2v) is 6.94. The first-order chi connectivity index (χ1) is 11.2. The molecule has 0 radical (unpaired) electrons. The normalized spacial score (nSPS) is 10.5. The zero-order chi connectivity index (χ0) is 16.1. The fraction of sp³-hybridized carbons (Fsp3) is 0.176. The minimum atomic E-state index is -0.0661. The van der Waals surface area contributed by atoms with Gasteiger partial charge in [0.2, 0.25) is 5.91 Å². The molecule has 2 aromatic heterocycles. The largest absolute Gasteiger partial charge is 0.361 e. The number of nitrogens with one attached hydrogen (secondary N) is 2. The van der Waals surface area contributed by atoms with E-state index >= 15 is 0 Å². The molecule has 3 rings (SSSR count). The molecule has 0 unspecified atom stereocenters. The molecule has 2 N–H and O–H groups in total. The molecule has 3 aromatic rings. The van der Waals surface area contributed by atoms with Crippen LogP contribution in [-0.2, 0) is 11.2 Å². The number of amides is 1. The number of carbonyl (C=O) groups excluding carboxylic acids is 1. The maximum Gasteiger partial charge on any atom is 0.221 e. The first-order valence-corrected chi connectivity index (χ1v) is 9.06. The van der Waals surface area contributed by atoms with Crippen molar-refractivity contribution in [3.05, 3.63) is 52.0 Å². The highest BCUT2D eigenvalue weighted by atomic mass is 32.1. The Kier molecular flexibility index (Phi) is 5.05. The second-order valence-electron chi connectivity index (χ2n) is 5.05. The van der Waals surface area contributed by atoms with Crippen LogP contribution in [0.5, 0.6) is 0 Å². The van der Waals surface area contributed by atoms with Gasteiger partial charge in [0, 0.05) is 35.0 Å². The standard InChI is InChI=1S/C17H17N3OS2/c1-12(21)19-14-6-4-13(5-7-14)16-11-23-17(20-16)18-9-8-15-3-2-10-22-15/h2-7,10-11H,8-9H2,1H3,(H,18,20)(H,19,21). The van der Waals surface area contributed by atoms with Crippen LogP contribution in [0.4, 0.5) is 10.8 Å². The molecule has 0 aliphatic rings. The molecule has 0 aliphatic heterocycles. The number of carbonyl (C=O) groups is 1. The van der Waals surface area contributed by atoms with Crippen LogP contribution in [0.1, 0.15) is 11.8 Å². The number of aromatic nitrogens is 1. The van der Waals surface area contributed by atoms with Crippen LogP contribution >= 0.6 is 22.7 Å². The lowest BCUT2D eigenvalue weighted by Gasteiger charge is -2.03. The number of benzene rings is 1. The number of hydrogen-bond donors (Lipinski definition) is 2. The summed E-state index contributed by atoms with van der Waals surface area (Å²) >= 11 is 3.39.